The molecule has 0 fully saturated rings. The van der Waals surface area contributed by atoms with Gasteiger partial charge in [-0.1, -0.05) is 0 Å². The Labute approximate surface area is 65.4 Å². The third-order valence-corrected chi connectivity index (χ3v) is 1.07. The Bertz CT molecular complexity index is 151. The average molecular weight is 160 g/mol. The summed E-state index contributed by atoms with van der Waals surface area (Å²) in [6.45, 7) is 0.406. The van der Waals surface area contributed by atoms with E-state index in [2.05, 4.69) is 9.47 Å². The minimum atomic E-state index is -0.969. The van der Waals surface area contributed by atoms with Gasteiger partial charge < -0.3 is 14.6 Å². The van der Waals surface area contributed by atoms with Crippen LogP contribution < -0.4 is 0 Å². The van der Waals surface area contributed by atoms with Crippen LogP contribution in [-0.4, -0.2) is 38.5 Å². The van der Waals surface area contributed by atoms with Crippen LogP contribution in [0.3, 0.4) is 0 Å². The van der Waals surface area contributed by atoms with E-state index in [1.807, 2.05) is 0 Å². The zero-order valence-electron chi connectivity index (χ0n) is 6.66. The van der Waals surface area contributed by atoms with Gasteiger partial charge >= 0.3 is 5.97 Å². The molecule has 0 radical (unpaired) electrons. The lowest BCUT2D eigenvalue weighted by Gasteiger charge is -1.99. The van der Waals surface area contributed by atoms with E-state index in [0.717, 1.165) is 0 Å². The summed E-state index contributed by atoms with van der Waals surface area (Å²) in [6.07, 6.45) is 1.48. The van der Waals surface area contributed by atoms with Gasteiger partial charge in [0.25, 0.3) is 0 Å². The van der Waals surface area contributed by atoms with Crippen molar-refractivity contribution in [3.63, 3.8) is 0 Å². The van der Waals surface area contributed by atoms with Crippen molar-refractivity contribution in [2.24, 2.45) is 0 Å². The van der Waals surface area contributed by atoms with Crippen molar-refractivity contribution in [3.8, 4) is 0 Å². The number of aliphatic carboxylic acids is 1. The molecule has 0 aromatic carbocycles. The van der Waals surface area contributed by atoms with Crippen LogP contribution in [0, 0.1) is 0 Å². The van der Waals surface area contributed by atoms with Gasteiger partial charge in [-0.2, -0.15) is 0 Å². The molecule has 0 aliphatic heterocycles. The number of carboxylic acids is 1. The van der Waals surface area contributed by atoms with Crippen LogP contribution in [-0.2, 0) is 14.3 Å². The van der Waals surface area contributed by atoms with E-state index in [1.54, 1.807) is 0 Å². The topological polar surface area (TPSA) is 55.8 Å². The van der Waals surface area contributed by atoms with Crippen LogP contribution in [0.15, 0.2) is 11.6 Å². The number of rotatable bonds is 5. The molecule has 11 heavy (non-hydrogen) atoms. The lowest BCUT2D eigenvalue weighted by molar-refractivity contribution is -0.133. The summed E-state index contributed by atoms with van der Waals surface area (Å²) in [7, 11) is 2.95. The highest BCUT2D eigenvalue weighted by atomic mass is 16.5. The summed E-state index contributed by atoms with van der Waals surface area (Å²) in [5.41, 5.74) is 0.217. The van der Waals surface area contributed by atoms with Crippen molar-refractivity contribution in [3.05, 3.63) is 11.6 Å². The van der Waals surface area contributed by atoms with E-state index >= 15 is 0 Å². The molecule has 0 aromatic heterocycles. The largest absolute Gasteiger partial charge is 0.478 e. The Morgan fingerprint density at radius 2 is 2.09 bits per heavy atom. The van der Waals surface area contributed by atoms with Crippen LogP contribution >= 0.6 is 0 Å². The molecule has 0 bridgehead atoms. The van der Waals surface area contributed by atoms with E-state index in [4.69, 9.17) is 5.11 Å². The smallest absolute Gasteiger partial charge is 0.333 e. The lowest BCUT2D eigenvalue weighted by Crippen LogP contribution is -2.07. The number of carbonyl (C=O) groups is 1. The highest BCUT2D eigenvalue weighted by Crippen LogP contribution is 1.94. The van der Waals surface area contributed by atoms with Crippen LogP contribution in [0.25, 0.3) is 0 Å². The maximum absolute atomic E-state index is 10.4. The Kier molecular flexibility index (Phi) is 5.42. The molecule has 64 valence electrons. The van der Waals surface area contributed by atoms with E-state index in [9.17, 15) is 4.79 Å². The Morgan fingerprint density at radius 1 is 1.45 bits per heavy atom. The van der Waals surface area contributed by atoms with Crippen LogP contribution in [0.2, 0.25) is 0 Å². The third kappa shape index (κ3) is 4.52. The average Bonchev–Trinajstić information content (AvgIpc) is 1.97. The van der Waals surface area contributed by atoms with E-state index in [0.29, 0.717) is 6.61 Å². The normalized spacial score (nSPS) is 11.6. The van der Waals surface area contributed by atoms with Crippen LogP contribution in [0.1, 0.15) is 0 Å². The van der Waals surface area contributed by atoms with Gasteiger partial charge in [0.2, 0.25) is 0 Å². The van der Waals surface area contributed by atoms with Gasteiger partial charge in [-0.3, -0.25) is 0 Å². The van der Waals surface area contributed by atoms with Gasteiger partial charge in [0, 0.05) is 14.2 Å². The van der Waals surface area contributed by atoms with Gasteiger partial charge in [-0.25, -0.2) is 4.79 Å². The van der Waals surface area contributed by atoms with Gasteiger partial charge in [0.1, 0.15) is 0 Å². The van der Waals surface area contributed by atoms with Gasteiger partial charge in [0.15, 0.2) is 0 Å². The van der Waals surface area contributed by atoms with E-state index < -0.39 is 5.97 Å². The molecule has 0 heterocycles. The second-order valence-corrected chi connectivity index (χ2v) is 1.92. The molecule has 0 unspecified atom stereocenters. The Balaban J connectivity index is 3.97. The molecule has 0 spiro atoms. The van der Waals surface area contributed by atoms with Crippen molar-refractivity contribution >= 4 is 5.97 Å². The fraction of sp³-hybridized carbons (Fsp3) is 0.571. The first-order chi connectivity index (χ1) is 5.22. The maximum Gasteiger partial charge on any atom is 0.333 e. The lowest BCUT2D eigenvalue weighted by atomic mass is 10.3. The van der Waals surface area contributed by atoms with E-state index in [1.165, 1.54) is 20.3 Å². The number of ether oxygens (including phenoxy) is 2. The molecule has 0 aliphatic carbocycles. The standard InChI is InChI=1S/C7H12O4/c1-10-4-3-6(5-11-2)7(8)9/h3H,4-5H2,1-2H3,(H,8,9)/b6-3+. The summed E-state index contributed by atoms with van der Waals surface area (Å²) in [5, 5.41) is 8.53. The predicted octanol–water partition coefficient (Wildman–Crippen LogP) is 0.290. The summed E-state index contributed by atoms with van der Waals surface area (Å²) >= 11 is 0. The first kappa shape index (κ1) is 10.1. The molecule has 0 saturated heterocycles. The predicted molar refractivity (Wildman–Crippen MR) is 39.5 cm³/mol. The van der Waals surface area contributed by atoms with Crippen LogP contribution in [0.5, 0.6) is 0 Å². The highest BCUT2D eigenvalue weighted by molar-refractivity contribution is 5.86. The summed E-state index contributed by atoms with van der Waals surface area (Å²) in [5.74, 6) is -0.969. The van der Waals surface area contributed by atoms with Gasteiger partial charge in [-0.05, 0) is 6.08 Å². The van der Waals surface area contributed by atoms with Crippen molar-refractivity contribution in [1.29, 1.82) is 0 Å². The van der Waals surface area contributed by atoms with Gasteiger partial charge in [0.05, 0.1) is 18.8 Å². The third-order valence-electron chi connectivity index (χ3n) is 1.07. The number of hydrogen-bond donors (Lipinski definition) is 1. The summed E-state index contributed by atoms with van der Waals surface area (Å²) in [6, 6.07) is 0. The van der Waals surface area contributed by atoms with Crippen molar-refractivity contribution in [2.75, 3.05) is 27.4 Å². The van der Waals surface area contributed by atoms with Crippen molar-refractivity contribution in [1.82, 2.24) is 0 Å². The molecule has 1 N–H and O–H groups in total. The SMILES string of the molecule is COC/C=C(\COC)C(=O)O. The maximum atomic E-state index is 10.4. The molecule has 0 atom stereocenters. The molecule has 0 aromatic rings. The summed E-state index contributed by atoms with van der Waals surface area (Å²) < 4.78 is 9.33. The number of carboxylic acid groups (broad SMARTS) is 1. The fourth-order valence-corrected chi connectivity index (χ4v) is 0.547. The molecule has 0 aliphatic rings. The molecule has 0 saturated carbocycles. The first-order valence-electron chi connectivity index (χ1n) is 3.12. The van der Waals surface area contributed by atoms with E-state index in [-0.39, 0.29) is 12.2 Å². The molecule has 4 nitrogen and oxygen atoms in total. The number of methoxy groups -OCH3 is 2. The van der Waals surface area contributed by atoms with Crippen molar-refractivity contribution < 1.29 is 19.4 Å². The molecule has 0 rings (SSSR count). The fourth-order valence-electron chi connectivity index (χ4n) is 0.547. The Morgan fingerprint density at radius 3 is 2.45 bits per heavy atom. The van der Waals surface area contributed by atoms with Crippen LogP contribution in [0.4, 0.5) is 0 Å². The zero-order chi connectivity index (χ0) is 8.69. The first-order valence-corrected chi connectivity index (χ1v) is 3.12. The molecule has 4 heteroatoms. The minimum absolute atomic E-state index is 0.110. The van der Waals surface area contributed by atoms with Gasteiger partial charge in [-0.15, -0.1) is 0 Å². The monoisotopic (exact) mass is 160 g/mol. The molecule has 0 amide bonds. The zero-order valence-corrected chi connectivity index (χ0v) is 6.66. The highest BCUT2D eigenvalue weighted by Gasteiger charge is 2.04. The van der Waals surface area contributed by atoms with Crippen molar-refractivity contribution in [2.45, 2.75) is 0 Å². The molecular formula is C7H12O4. The second-order valence-electron chi connectivity index (χ2n) is 1.92. The Hall–Kier alpha value is -0.870. The molecular weight excluding hydrogens is 148 g/mol. The quantitative estimate of drug-likeness (QED) is 0.587. The number of hydrogen-bond acceptors (Lipinski definition) is 3. The summed E-state index contributed by atoms with van der Waals surface area (Å²) in [4.78, 5) is 10.4. The second kappa shape index (κ2) is 5.88. The minimum Gasteiger partial charge on any atom is -0.478 e.